The Morgan fingerprint density at radius 2 is 1.92 bits per heavy atom. The van der Waals surface area contributed by atoms with E-state index < -0.39 is 0 Å². The molecule has 2 aromatic rings. The van der Waals surface area contributed by atoms with Crippen LogP contribution in [0.15, 0.2) is 35.7 Å². The van der Waals surface area contributed by atoms with Gasteiger partial charge in [-0.1, -0.05) is 29.3 Å². The fourth-order valence-corrected chi connectivity index (χ4v) is 3.90. The summed E-state index contributed by atoms with van der Waals surface area (Å²) in [5.41, 5.74) is 0.415. The second-order valence-corrected chi connectivity index (χ2v) is 7.43. The zero-order chi connectivity index (χ0) is 17.1. The first kappa shape index (κ1) is 17.3. The van der Waals surface area contributed by atoms with E-state index in [0.29, 0.717) is 28.7 Å². The van der Waals surface area contributed by atoms with Gasteiger partial charge in [-0.2, -0.15) is 0 Å². The molecule has 3 rings (SSSR count). The Morgan fingerprint density at radius 3 is 2.54 bits per heavy atom. The minimum Gasteiger partial charge on any atom is -0.349 e. The van der Waals surface area contributed by atoms with Gasteiger partial charge in [-0.15, -0.1) is 11.3 Å². The first-order valence-corrected chi connectivity index (χ1v) is 9.27. The highest BCUT2D eigenvalue weighted by Gasteiger charge is 2.25. The zero-order valence-electron chi connectivity index (χ0n) is 12.8. The van der Waals surface area contributed by atoms with Crippen molar-refractivity contribution in [3.8, 4) is 0 Å². The van der Waals surface area contributed by atoms with Gasteiger partial charge in [0.1, 0.15) is 0 Å². The van der Waals surface area contributed by atoms with Crippen molar-refractivity contribution >= 4 is 46.4 Å². The maximum absolute atomic E-state index is 12.3. The molecule has 1 aliphatic heterocycles. The summed E-state index contributed by atoms with van der Waals surface area (Å²) in [6.07, 6.45) is 1.46. The minimum atomic E-state index is -0.209. The highest BCUT2D eigenvalue weighted by molar-refractivity contribution is 7.12. The molecule has 126 valence electrons. The quantitative estimate of drug-likeness (QED) is 0.868. The smallest absolute Gasteiger partial charge is 0.263 e. The number of amides is 2. The second-order valence-electron chi connectivity index (χ2n) is 5.64. The van der Waals surface area contributed by atoms with Crippen molar-refractivity contribution in [3.63, 3.8) is 0 Å². The summed E-state index contributed by atoms with van der Waals surface area (Å²) >= 11 is 13.4. The Balaban J connectivity index is 1.55. The van der Waals surface area contributed by atoms with Crippen molar-refractivity contribution < 1.29 is 9.59 Å². The van der Waals surface area contributed by atoms with Crippen LogP contribution in [0.4, 0.5) is 0 Å². The predicted octanol–water partition coefficient (Wildman–Crippen LogP) is 4.09. The topological polar surface area (TPSA) is 49.4 Å². The minimum absolute atomic E-state index is 0.0385. The van der Waals surface area contributed by atoms with Gasteiger partial charge in [-0.25, -0.2) is 0 Å². The van der Waals surface area contributed by atoms with Crippen LogP contribution in [0.3, 0.4) is 0 Å². The molecule has 7 heteroatoms. The Hall–Kier alpha value is -1.56. The Labute approximate surface area is 154 Å². The summed E-state index contributed by atoms with van der Waals surface area (Å²) in [5.74, 6) is -0.143. The van der Waals surface area contributed by atoms with Gasteiger partial charge in [-0.05, 0) is 42.5 Å². The SMILES string of the molecule is O=C(NC1CCN(C(=O)c2cccs2)CC1)c1ccc(Cl)cc1Cl. The molecule has 1 aromatic heterocycles. The van der Waals surface area contributed by atoms with Crippen molar-refractivity contribution in [1.29, 1.82) is 0 Å². The molecule has 1 saturated heterocycles. The number of thiophene rings is 1. The number of nitrogens with zero attached hydrogens (tertiary/aromatic N) is 1. The van der Waals surface area contributed by atoms with E-state index in [1.165, 1.54) is 11.3 Å². The molecule has 0 unspecified atom stereocenters. The van der Waals surface area contributed by atoms with Crippen molar-refractivity contribution in [2.24, 2.45) is 0 Å². The van der Waals surface area contributed by atoms with Crippen LogP contribution in [0.25, 0.3) is 0 Å². The molecular formula is C17H16Cl2N2O2S. The third-order valence-electron chi connectivity index (χ3n) is 4.03. The fraction of sp³-hybridized carbons (Fsp3) is 0.294. The van der Waals surface area contributed by atoms with Crippen LogP contribution < -0.4 is 5.32 Å². The number of hydrogen-bond acceptors (Lipinski definition) is 3. The normalized spacial score (nSPS) is 15.3. The Kier molecular flexibility index (Phi) is 5.43. The lowest BCUT2D eigenvalue weighted by Gasteiger charge is -2.32. The first-order chi connectivity index (χ1) is 11.5. The van der Waals surface area contributed by atoms with Gasteiger partial charge in [0.15, 0.2) is 0 Å². The lowest BCUT2D eigenvalue weighted by atomic mass is 10.0. The van der Waals surface area contributed by atoms with E-state index >= 15 is 0 Å². The molecule has 2 amide bonds. The summed E-state index contributed by atoms with van der Waals surface area (Å²) in [5, 5.41) is 5.72. The van der Waals surface area contributed by atoms with Crippen molar-refractivity contribution in [2.45, 2.75) is 18.9 Å². The molecule has 0 atom stereocenters. The highest BCUT2D eigenvalue weighted by atomic mass is 35.5. The molecular weight excluding hydrogens is 367 g/mol. The molecule has 0 spiro atoms. The van der Waals surface area contributed by atoms with Crippen molar-refractivity contribution in [3.05, 3.63) is 56.2 Å². The van der Waals surface area contributed by atoms with Gasteiger partial charge in [-0.3, -0.25) is 9.59 Å². The van der Waals surface area contributed by atoms with Crippen LogP contribution >= 0.6 is 34.5 Å². The summed E-state index contributed by atoms with van der Waals surface area (Å²) in [6, 6.07) is 8.57. The molecule has 24 heavy (non-hydrogen) atoms. The molecule has 0 radical (unpaired) electrons. The predicted molar refractivity (Wildman–Crippen MR) is 97.2 cm³/mol. The molecule has 2 heterocycles. The number of piperidine rings is 1. The number of rotatable bonds is 3. The zero-order valence-corrected chi connectivity index (χ0v) is 15.1. The number of carbonyl (C=O) groups is 2. The van der Waals surface area contributed by atoms with Gasteiger partial charge >= 0.3 is 0 Å². The van der Waals surface area contributed by atoms with Crippen LogP contribution in [0.1, 0.15) is 32.9 Å². The van der Waals surface area contributed by atoms with E-state index in [1.54, 1.807) is 18.2 Å². The third-order valence-corrected chi connectivity index (χ3v) is 5.43. The number of halogens is 2. The van der Waals surface area contributed by atoms with E-state index in [1.807, 2.05) is 22.4 Å². The maximum Gasteiger partial charge on any atom is 0.263 e. The first-order valence-electron chi connectivity index (χ1n) is 7.63. The Bertz CT molecular complexity index is 741. The van der Waals surface area contributed by atoms with Gasteiger partial charge in [0.25, 0.3) is 11.8 Å². The van der Waals surface area contributed by atoms with Crippen LogP contribution in [-0.4, -0.2) is 35.8 Å². The second kappa shape index (κ2) is 7.55. The van der Waals surface area contributed by atoms with E-state index in [9.17, 15) is 9.59 Å². The van der Waals surface area contributed by atoms with Crippen molar-refractivity contribution in [2.75, 3.05) is 13.1 Å². The number of carbonyl (C=O) groups excluding carboxylic acids is 2. The van der Waals surface area contributed by atoms with Crippen LogP contribution in [-0.2, 0) is 0 Å². The molecule has 1 N–H and O–H groups in total. The number of benzene rings is 1. The average molecular weight is 383 g/mol. The van der Waals surface area contributed by atoms with E-state index in [2.05, 4.69) is 5.32 Å². The molecule has 0 bridgehead atoms. The summed E-state index contributed by atoms with van der Waals surface area (Å²) in [4.78, 5) is 27.2. The van der Waals surface area contributed by atoms with Crippen LogP contribution in [0, 0.1) is 0 Å². The van der Waals surface area contributed by atoms with E-state index in [4.69, 9.17) is 23.2 Å². The van der Waals surface area contributed by atoms with E-state index in [0.717, 1.165) is 17.7 Å². The monoisotopic (exact) mass is 382 g/mol. The van der Waals surface area contributed by atoms with Gasteiger partial charge in [0.2, 0.25) is 0 Å². The van der Waals surface area contributed by atoms with Crippen LogP contribution in [0.2, 0.25) is 10.0 Å². The number of nitrogens with one attached hydrogen (secondary N) is 1. The summed E-state index contributed by atoms with van der Waals surface area (Å²) in [6.45, 7) is 1.27. The van der Waals surface area contributed by atoms with Crippen molar-refractivity contribution in [1.82, 2.24) is 10.2 Å². The number of likely N-dealkylation sites (tertiary alicyclic amines) is 1. The fourth-order valence-electron chi connectivity index (χ4n) is 2.72. The molecule has 1 fully saturated rings. The molecule has 1 aromatic carbocycles. The van der Waals surface area contributed by atoms with Gasteiger partial charge in [0, 0.05) is 24.2 Å². The third kappa shape index (κ3) is 3.91. The van der Waals surface area contributed by atoms with E-state index in [-0.39, 0.29) is 17.9 Å². The molecule has 0 saturated carbocycles. The largest absolute Gasteiger partial charge is 0.349 e. The lowest BCUT2D eigenvalue weighted by molar-refractivity contribution is 0.0703. The molecule has 1 aliphatic rings. The average Bonchev–Trinajstić information content (AvgIpc) is 3.09. The van der Waals surface area contributed by atoms with Gasteiger partial charge < -0.3 is 10.2 Å². The molecule has 4 nitrogen and oxygen atoms in total. The Morgan fingerprint density at radius 1 is 1.17 bits per heavy atom. The maximum atomic E-state index is 12.3. The van der Waals surface area contributed by atoms with Gasteiger partial charge in [0.05, 0.1) is 15.5 Å². The highest BCUT2D eigenvalue weighted by Crippen LogP contribution is 2.22. The lowest BCUT2D eigenvalue weighted by Crippen LogP contribution is -2.46. The number of hydrogen-bond donors (Lipinski definition) is 1. The summed E-state index contributed by atoms with van der Waals surface area (Å²) < 4.78 is 0. The standard InChI is InChI=1S/C17H16Cl2N2O2S/c18-11-3-4-13(14(19)10-11)16(22)20-12-5-7-21(8-6-12)17(23)15-2-1-9-24-15/h1-4,9-10,12H,5-8H2,(H,20,22). The summed E-state index contributed by atoms with van der Waals surface area (Å²) in [7, 11) is 0. The van der Waals surface area contributed by atoms with Crippen LogP contribution in [0.5, 0.6) is 0 Å². The molecule has 0 aliphatic carbocycles.